The number of alkyl halides is 23. The lowest BCUT2D eigenvalue weighted by Crippen LogP contribution is -2.42. The third kappa shape index (κ3) is 22.8. The molecule has 0 aromatic rings. The Kier molecular flexibility index (Phi) is 23.1. The van der Waals surface area contributed by atoms with Crippen LogP contribution in [0, 0.1) is 11.8 Å². The van der Waals surface area contributed by atoms with E-state index in [0.29, 0.717) is 0 Å². The van der Waals surface area contributed by atoms with Crippen LogP contribution >= 0.6 is 45.2 Å². The molecule has 0 bridgehead atoms. The van der Waals surface area contributed by atoms with E-state index in [1.165, 1.54) is 0 Å². The van der Waals surface area contributed by atoms with Gasteiger partial charge in [0.2, 0.25) is 17.0 Å². The molecule has 0 radical (unpaired) electrons. The zero-order valence-corrected chi connectivity index (χ0v) is 29.0. The van der Waals surface area contributed by atoms with Crippen LogP contribution in [0.1, 0.15) is 46.5 Å². The Bertz CT molecular complexity index is 934. The molecule has 0 aliphatic rings. The predicted molar refractivity (Wildman–Crippen MR) is 149 cm³/mol. The summed E-state index contributed by atoms with van der Waals surface area (Å²) >= 11 is 2.36. The minimum absolute atomic E-state index is 0.0161. The summed E-state index contributed by atoms with van der Waals surface area (Å²) in [6.45, 7) is 2.92. The maximum atomic E-state index is 13.1. The van der Waals surface area contributed by atoms with Crippen molar-refractivity contribution < 1.29 is 101 Å². The molecule has 0 rings (SSSR count). The molecule has 0 aromatic carbocycles. The highest BCUT2D eigenvalue weighted by molar-refractivity contribution is 14.1. The second kappa shape index (κ2) is 20.5. The van der Waals surface area contributed by atoms with Gasteiger partial charge in [0.05, 0.1) is 24.5 Å². The Morgan fingerprint density at radius 3 is 1.06 bits per heavy atom. The third-order valence-corrected chi connectivity index (χ3v) is 7.34. The Morgan fingerprint density at radius 2 is 0.837 bits per heavy atom. The summed E-state index contributed by atoms with van der Waals surface area (Å²) in [4.78, 5) is 0. The lowest BCUT2D eigenvalue weighted by molar-refractivity contribution is -0.248. The highest BCUT2D eigenvalue weighted by Crippen LogP contribution is 2.45. The fourth-order valence-corrected chi connectivity index (χ4v) is 4.15. The van der Waals surface area contributed by atoms with Crippen molar-refractivity contribution in [2.45, 2.75) is 104 Å². The van der Waals surface area contributed by atoms with E-state index in [1.54, 1.807) is 22.6 Å². The predicted octanol–water partition coefficient (Wildman–Crippen LogP) is 14.1. The largest absolute Gasteiger partial charge is 0.422 e. The van der Waals surface area contributed by atoms with Crippen LogP contribution in [0.3, 0.4) is 0 Å². The molecule has 0 heterocycles. The number of hydrogen-bond acceptors (Lipinski definition) is 0. The van der Waals surface area contributed by atoms with Crippen molar-refractivity contribution in [1.29, 1.82) is 0 Å². The molecule has 0 nitrogen and oxygen atoms in total. The number of allylic oxidation sites excluding steroid dienone is 1. The lowest BCUT2D eigenvalue weighted by Gasteiger charge is -2.29. The van der Waals surface area contributed by atoms with Crippen LogP contribution in [0.5, 0.6) is 0 Å². The van der Waals surface area contributed by atoms with E-state index in [-0.39, 0.29) is 37.6 Å². The standard InChI is InChI=1S/C8H8F8.C8H10F7I.C6H6F7I.C2H3F/c1-6(10,8(14,15)16)4-5(2-3-9)7(11,12)13;1-6(9,8(13,14)15)4-5(2-3-16)7(10,11)12;1-4(7,6(11,12)13)2-3(14)5(8,9)10;1-2-3/h2-3,5H,4H2,1H3;5H,2-4H2,1H3;3H,2H2,1H3;2H,1H2/b3-2+;;;. The van der Waals surface area contributed by atoms with Gasteiger partial charge >= 0.3 is 37.1 Å². The normalized spacial score (nSPS) is 18.9. The van der Waals surface area contributed by atoms with E-state index >= 15 is 0 Å². The molecule has 0 aromatic heterocycles. The zero-order chi connectivity index (χ0) is 40.9. The SMILES string of the molecule is C=CF.CC(F)(CC(/C=C/F)C(F)(F)F)C(F)(F)F.CC(F)(CC(CCI)C(F)(F)F)C(F)(F)F.CC(F)(CC(I)C(F)(F)F)C(F)(F)F. The second-order valence-electron chi connectivity index (χ2n) is 10.0. The van der Waals surface area contributed by atoms with Gasteiger partial charge in [-0.15, -0.1) is 0 Å². The number of hydrogen-bond donors (Lipinski definition) is 0. The van der Waals surface area contributed by atoms with E-state index in [9.17, 15) is 101 Å². The van der Waals surface area contributed by atoms with Gasteiger partial charge in [-0.1, -0.05) is 51.8 Å². The number of halogens is 25. The van der Waals surface area contributed by atoms with Gasteiger partial charge in [0.1, 0.15) is 3.92 Å². The van der Waals surface area contributed by atoms with E-state index in [1.807, 2.05) is 0 Å². The van der Waals surface area contributed by atoms with Crippen molar-refractivity contribution in [2.75, 3.05) is 4.43 Å². The number of rotatable bonds is 9. The highest BCUT2D eigenvalue weighted by atomic mass is 127. The van der Waals surface area contributed by atoms with Gasteiger partial charge in [-0.3, -0.25) is 0 Å². The maximum absolute atomic E-state index is 13.1. The van der Waals surface area contributed by atoms with Crippen molar-refractivity contribution in [3.8, 4) is 0 Å². The van der Waals surface area contributed by atoms with Gasteiger partial charge < -0.3 is 0 Å². The smallest absolute Gasteiger partial charge is 0.234 e. The van der Waals surface area contributed by atoms with E-state index < -0.39 is 102 Å². The van der Waals surface area contributed by atoms with Gasteiger partial charge in [0.25, 0.3) is 0 Å². The third-order valence-electron chi connectivity index (χ3n) is 5.57. The lowest BCUT2D eigenvalue weighted by atomic mass is 9.90. The molecule has 0 saturated heterocycles. The van der Waals surface area contributed by atoms with Crippen LogP contribution in [-0.2, 0) is 0 Å². The van der Waals surface area contributed by atoms with Crippen LogP contribution in [0.15, 0.2) is 25.3 Å². The molecule has 0 fully saturated rings. The quantitative estimate of drug-likeness (QED) is 0.123. The van der Waals surface area contributed by atoms with Gasteiger partial charge in [-0.2, -0.15) is 79.0 Å². The van der Waals surface area contributed by atoms with Crippen molar-refractivity contribution in [2.24, 2.45) is 11.8 Å². The molecule has 49 heavy (non-hydrogen) atoms. The summed E-state index contributed by atoms with van der Waals surface area (Å²) in [5, 5.41) is 0. The van der Waals surface area contributed by atoms with Crippen LogP contribution in [0.4, 0.5) is 101 Å². The topological polar surface area (TPSA) is 0 Å². The molecule has 25 heteroatoms. The fourth-order valence-electron chi connectivity index (χ4n) is 2.57. The van der Waals surface area contributed by atoms with Crippen LogP contribution in [-0.4, -0.2) is 62.4 Å². The molecule has 0 aliphatic heterocycles. The van der Waals surface area contributed by atoms with Crippen molar-refractivity contribution in [3.63, 3.8) is 0 Å². The van der Waals surface area contributed by atoms with E-state index in [4.69, 9.17) is 0 Å². The molecule has 6 unspecified atom stereocenters. The first-order valence-corrected chi connectivity index (χ1v) is 15.0. The van der Waals surface area contributed by atoms with Crippen LogP contribution < -0.4 is 0 Å². The fraction of sp³-hybridized carbons (Fsp3) is 0.833. The molecule has 298 valence electrons. The first kappa shape index (κ1) is 55.1. The molecule has 6 atom stereocenters. The molecule has 0 N–H and O–H groups in total. The van der Waals surface area contributed by atoms with Crippen LogP contribution in [0.2, 0.25) is 0 Å². The van der Waals surface area contributed by atoms with Crippen molar-refractivity contribution >= 4 is 45.2 Å². The Morgan fingerprint density at radius 1 is 0.531 bits per heavy atom. The first-order chi connectivity index (χ1) is 21.1. The van der Waals surface area contributed by atoms with Crippen molar-refractivity contribution in [1.82, 2.24) is 0 Å². The molecule has 0 spiro atoms. The Balaban J connectivity index is -0.000000298. The van der Waals surface area contributed by atoms with Gasteiger partial charge in [-0.05, 0) is 33.3 Å². The summed E-state index contributed by atoms with van der Waals surface area (Å²) in [5.74, 6) is -5.07. The molecule has 0 aliphatic carbocycles. The van der Waals surface area contributed by atoms with E-state index in [0.717, 1.165) is 22.6 Å². The average molecular weight is 1010 g/mol. The average Bonchev–Trinajstić information content (AvgIpc) is 2.80. The van der Waals surface area contributed by atoms with Gasteiger partial charge in [0.15, 0.2) is 0 Å². The summed E-state index contributed by atoms with van der Waals surface area (Å²) in [6, 6.07) is 0. The first-order valence-electron chi connectivity index (χ1n) is 12.3. The Hall–Kier alpha value is -0.670. The summed E-state index contributed by atoms with van der Waals surface area (Å²) < 4.78 is 274. The molecular weight excluding hydrogens is 979 g/mol. The van der Waals surface area contributed by atoms with Crippen LogP contribution in [0.25, 0.3) is 0 Å². The van der Waals surface area contributed by atoms with Crippen molar-refractivity contribution in [3.05, 3.63) is 25.3 Å². The molecular formula is C24H27F23I2. The van der Waals surface area contributed by atoms with Gasteiger partial charge in [0, 0.05) is 23.7 Å². The summed E-state index contributed by atoms with van der Waals surface area (Å²) in [7, 11) is 0. The minimum Gasteiger partial charge on any atom is -0.234 e. The summed E-state index contributed by atoms with van der Waals surface area (Å²) in [5.41, 5.74) is -11.6. The van der Waals surface area contributed by atoms with E-state index in [2.05, 4.69) is 6.58 Å². The summed E-state index contributed by atoms with van der Waals surface area (Å²) in [6.07, 6.45) is -36.8. The Labute approximate surface area is 291 Å². The molecule has 0 saturated carbocycles. The minimum atomic E-state index is -5.43. The maximum Gasteiger partial charge on any atom is 0.422 e. The molecule has 0 amide bonds. The zero-order valence-electron chi connectivity index (χ0n) is 24.7. The monoisotopic (exact) mass is 1010 g/mol. The van der Waals surface area contributed by atoms with Gasteiger partial charge in [-0.25, -0.2) is 22.0 Å². The highest BCUT2D eigenvalue weighted by Gasteiger charge is 2.58. The second-order valence-corrected chi connectivity index (χ2v) is 12.6.